The molecule has 0 aliphatic rings. The van der Waals surface area contributed by atoms with Crippen LogP contribution in [0.5, 0.6) is 5.75 Å². The van der Waals surface area contributed by atoms with E-state index in [2.05, 4.69) is 63.9 Å². The summed E-state index contributed by atoms with van der Waals surface area (Å²) in [7, 11) is 0. The van der Waals surface area contributed by atoms with E-state index in [1.54, 1.807) is 12.3 Å². The van der Waals surface area contributed by atoms with Crippen LogP contribution in [-0.2, 0) is 0 Å². The van der Waals surface area contributed by atoms with Gasteiger partial charge in [-0.3, -0.25) is 9.89 Å². The fourth-order valence-electron chi connectivity index (χ4n) is 2.65. The predicted molar refractivity (Wildman–Crippen MR) is 100 cm³/mol. The number of nitrogens with zero attached hydrogens (tertiary/aromatic N) is 2. The van der Waals surface area contributed by atoms with Crippen molar-refractivity contribution in [2.24, 2.45) is 4.99 Å². The van der Waals surface area contributed by atoms with E-state index >= 15 is 0 Å². The summed E-state index contributed by atoms with van der Waals surface area (Å²) in [5, 5.41) is 9.90. The minimum atomic E-state index is 0.246. The van der Waals surface area contributed by atoms with Gasteiger partial charge in [0.25, 0.3) is 0 Å². The van der Waals surface area contributed by atoms with E-state index in [0.717, 1.165) is 23.1 Å². The molecule has 1 N–H and O–H groups in total. The monoisotopic (exact) mass is 374 g/mol. The maximum atomic E-state index is 9.90. The van der Waals surface area contributed by atoms with Crippen molar-refractivity contribution in [3.05, 3.63) is 64.1 Å². The van der Waals surface area contributed by atoms with Crippen molar-refractivity contribution in [3.63, 3.8) is 0 Å². The summed E-state index contributed by atoms with van der Waals surface area (Å²) in [6, 6.07) is 16.1. The lowest BCUT2D eigenvalue weighted by Crippen LogP contribution is -2.30. The number of aliphatic imine (C=N–C) groups is 1. The zero-order chi connectivity index (χ0) is 16.7. The Labute approximate surface area is 146 Å². The molecule has 0 aliphatic heterocycles. The van der Waals surface area contributed by atoms with Gasteiger partial charge in [-0.25, -0.2) is 0 Å². The third-order valence-corrected chi connectivity index (χ3v) is 4.43. The van der Waals surface area contributed by atoms with Crippen LogP contribution in [0.4, 0.5) is 0 Å². The molecule has 2 rings (SSSR count). The molecular weight excluding hydrogens is 352 g/mol. The summed E-state index contributed by atoms with van der Waals surface area (Å²) in [5.41, 5.74) is 2.00. The molecule has 0 unspecified atom stereocenters. The van der Waals surface area contributed by atoms with Crippen LogP contribution in [0.3, 0.4) is 0 Å². The van der Waals surface area contributed by atoms with Crippen LogP contribution < -0.4 is 0 Å². The fraction of sp³-hybridized carbons (Fsp3) is 0.316. The Morgan fingerprint density at radius 3 is 2.48 bits per heavy atom. The lowest BCUT2D eigenvalue weighted by atomic mass is 10.1. The zero-order valence-electron chi connectivity index (χ0n) is 13.6. The zero-order valence-corrected chi connectivity index (χ0v) is 15.2. The number of phenolic OH excluding ortho intramolecular Hbond substituents is 1. The van der Waals surface area contributed by atoms with Gasteiger partial charge in [0.05, 0.1) is 12.6 Å². The molecule has 0 saturated heterocycles. The van der Waals surface area contributed by atoms with Crippen molar-refractivity contribution in [3.8, 4) is 5.75 Å². The van der Waals surface area contributed by atoms with Crippen LogP contribution in [0, 0.1) is 0 Å². The largest absolute Gasteiger partial charge is 0.507 e. The number of halogens is 1. The van der Waals surface area contributed by atoms with Crippen LogP contribution in [-0.4, -0.2) is 35.9 Å². The molecular formula is C19H23BrN2O. The molecule has 23 heavy (non-hydrogen) atoms. The maximum absolute atomic E-state index is 9.90. The van der Waals surface area contributed by atoms with Gasteiger partial charge in [-0.15, -0.1) is 0 Å². The van der Waals surface area contributed by atoms with E-state index < -0.39 is 0 Å². The van der Waals surface area contributed by atoms with Gasteiger partial charge in [-0.2, -0.15) is 0 Å². The SMILES string of the molecule is CCN(CC)[C@@H](CN=Cc1cc(Br)ccc1O)c1ccccc1. The van der Waals surface area contributed by atoms with Crippen molar-refractivity contribution >= 4 is 22.1 Å². The number of benzene rings is 2. The second-order valence-electron chi connectivity index (χ2n) is 5.35. The van der Waals surface area contributed by atoms with Crippen LogP contribution >= 0.6 is 15.9 Å². The summed E-state index contributed by atoms with van der Waals surface area (Å²) >= 11 is 3.42. The molecule has 3 nitrogen and oxygen atoms in total. The molecule has 0 fully saturated rings. The van der Waals surface area contributed by atoms with Crippen molar-refractivity contribution < 1.29 is 5.11 Å². The Kier molecular flexibility index (Phi) is 6.81. The Morgan fingerprint density at radius 1 is 1.13 bits per heavy atom. The normalized spacial score (nSPS) is 12.9. The van der Waals surface area contributed by atoms with E-state index in [4.69, 9.17) is 0 Å². The topological polar surface area (TPSA) is 35.8 Å². The first-order chi connectivity index (χ1) is 11.2. The van der Waals surface area contributed by atoms with Crippen molar-refractivity contribution in [2.75, 3.05) is 19.6 Å². The standard InChI is InChI=1S/C19H23BrN2O/c1-3-22(4-2)18(15-8-6-5-7-9-15)14-21-13-16-12-17(20)10-11-19(16)23/h5-13,18,23H,3-4,14H2,1-2H3/t18-/m0/s1. The third-order valence-electron chi connectivity index (χ3n) is 3.94. The molecule has 0 radical (unpaired) electrons. The Bertz CT molecular complexity index is 639. The predicted octanol–water partition coefficient (Wildman–Crippen LogP) is 4.66. The van der Waals surface area contributed by atoms with Crippen LogP contribution in [0.25, 0.3) is 0 Å². The molecule has 0 spiro atoms. The van der Waals surface area contributed by atoms with Crippen LogP contribution in [0.1, 0.15) is 31.0 Å². The molecule has 0 aliphatic carbocycles. The van der Waals surface area contributed by atoms with Gasteiger partial charge in [-0.1, -0.05) is 60.1 Å². The van der Waals surface area contributed by atoms with Gasteiger partial charge in [0.15, 0.2) is 0 Å². The van der Waals surface area contributed by atoms with Crippen LogP contribution in [0.2, 0.25) is 0 Å². The van der Waals surface area contributed by atoms with Gasteiger partial charge in [0.2, 0.25) is 0 Å². The number of hydrogen-bond acceptors (Lipinski definition) is 3. The van der Waals surface area contributed by atoms with E-state index in [9.17, 15) is 5.11 Å². The molecule has 0 bridgehead atoms. The van der Waals surface area contributed by atoms with E-state index in [1.807, 2.05) is 18.2 Å². The Hall–Kier alpha value is -1.65. The third kappa shape index (κ3) is 4.91. The Balaban J connectivity index is 2.18. The molecule has 2 aromatic rings. The summed E-state index contributed by atoms with van der Waals surface area (Å²) in [4.78, 5) is 6.99. The molecule has 1 atom stereocenters. The minimum absolute atomic E-state index is 0.246. The number of likely N-dealkylation sites (N-methyl/N-ethyl adjacent to an activating group) is 1. The first-order valence-corrected chi connectivity index (χ1v) is 8.72. The van der Waals surface area contributed by atoms with Crippen molar-refractivity contribution in [1.29, 1.82) is 0 Å². The van der Waals surface area contributed by atoms with Gasteiger partial charge in [0.1, 0.15) is 5.75 Å². The highest BCUT2D eigenvalue weighted by molar-refractivity contribution is 9.10. The molecule has 4 heteroatoms. The van der Waals surface area contributed by atoms with Crippen molar-refractivity contribution in [1.82, 2.24) is 4.90 Å². The lowest BCUT2D eigenvalue weighted by Gasteiger charge is -2.28. The lowest BCUT2D eigenvalue weighted by molar-refractivity contribution is 0.224. The first-order valence-electron chi connectivity index (χ1n) is 7.93. The quantitative estimate of drug-likeness (QED) is 0.715. The number of rotatable bonds is 7. The van der Waals surface area contributed by atoms with E-state index in [0.29, 0.717) is 6.54 Å². The number of phenols is 1. The second-order valence-corrected chi connectivity index (χ2v) is 6.26. The second kappa shape index (κ2) is 8.85. The Morgan fingerprint density at radius 2 is 1.83 bits per heavy atom. The molecule has 0 aromatic heterocycles. The molecule has 122 valence electrons. The fourth-order valence-corrected chi connectivity index (χ4v) is 3.03. The summed E-state index contributed by atoms with van der Waals surface area (Å²) in [5.74, 6) is 0.246. The van der Waals surface area contributed by atoms with E-state index in [1.165, 1.54) is 5.56 Å². The van der Waals surface area contributed by atoms with Gasteiger partial charge in [-0.05, 0) is 36.9 Å². The van der Waals surface area contributed by atoms with Gasteiger partial charge < -0.3 is 5.11 Å². The molecule has 2 aromatic carbocycles. The smallest absolute Gasteiger partial charge is 0.124 e. The van der Waals surface area contributed by atoms with Gasteiger partial charge in [0, 0.05) is 16.3 Å². The summed E-state index contributed by atoms with van der Waals surface area (Å²) < 4.78 is 0.931. The number of aromatic hydroxyl groups is 1. The van der Waals surface area contributed by atoms with Gasteiger partial charge >= 0.3 is 0 Å². The summed E-state index contributed by atoms with van der Waals surface area (Å²) in [6.07, 6.45) is 1.75. The highest BCUT2D eigenvalue weighted by atomic mass is 79.9. The van der Waals surface area contributed by atoms with Crippen LogP contribution in [0.15, 0.2) is 58.0 Å². The van der Waals surface area contributed by atoms with E-state index in [-0.39, 0.29) is 11.8 Å². The molecule has 0 heterocycles. The molecule has 0 saturated carbocycles. The highest BCUT2D eigenvalue weighted by Crippen LogP contribution is 2.22. The number of hydrogen-bond donors (Lipinski definition) is 1. The first kappa shape index (κ1) is 17.7. The average Bonchev–Trinajstić information content (AvgIpc) is 2.58. The van der Waals surface area contributed by atoms with Crippen molar-refractivity contribution in [2.45, 2.75) is 19.9 Å². The minimum Gasteiger partial charge on any atom is -0.507 e. The highest BCUT2D eigenvalue weighted by Gasteiger charge is 2.16. The molecule has 0 amide bonds. The maximum Gasteiger partial charge on any atom is 0.124 e. The summed E-state index contributed by atoms with van der Waals surface area (Å²) in [6.45, 7) is 6.96. The average molecular weight is 375 g/mol.